The van der Waals surface area contributed by atoms with Crippen LogP contribution < -0.4 is 10.9 Å². The van der Waals surface area contributed by atoms with Gasteiger partial charge in [-0.2, -0.15) is 23.0 Å². The Morgan fingerprint density at radius 2 is 1.88 bits per heavy atom. The lowest BCUT2D eigenvalue weighted by molar-refractivity contribution is -0.204. The third kappa shape index (κ3) is 5.54. The van der Waals surface area contributed by atoms with Crippen LogP contribution in [0.15, 0.2) is 59.4 Å². The first-order chi connectivity index (χ1) is 15.1. The van der Waals surface area contributed by atoms with Crippen molar-refractivity contribution in [3.05, 3.63) is 81.1 Å². The average molecular weight is 466 g/mol. The summed E-state index contributed by atoms with van der Waals surface area (Å²) in [6.45, 7) is 1.36. The van der Waals surface area contributed by atoms with Crippen LogP contribution in [-0.2, 0) is 0 Å². The van der Waals surface area contributed by atoms with Gasteiger partial charge in [0, 0.05) is 17.1 Å². The molecule has 0 fully saturated rings. The average Bonchev–Trinajstić information content (AvgIpc) is 2.73. The number of carbonyl (C=O) groups excluding carboxylic acids is 1. The van der Waals surface area contributed by atoms with Gasteiger partial charge in [-0.15, -0.1) is 0 Å². The number of aliphatic hydroxyl groups is 1. The summed E-state index contributed by atoms with van der Waals surface area (Å²) < 4.78 is 38.5. The zero-order valence-corrected chi connectivity index (χ0v) is 17.6. The molecule has 1 atom stereocenters. The Bertz CT molecular complexity index is 1180. The fourth-order valence-electron chi connectivity index (χ4n) is 2.93. The van der Waals surface area contributed by atoms with Crippen molar-refractivity contribution in [2.24, 2.45) is 0 Å². The topological polar surface area (TPSA) is 84.2 Å². The second-order valence-corrected chi connectivity index (χ2v) is 7.54. The quantitative estimate of drug-likeness (QED) is 0.578. The second kappa shape index (κ2) is 9.54. The third-order valence-corrected chi connectivity index (χ3v) is 4.88. The number of rotatable bonds is 6. The van der Waals surface area contributed by atoms with Gasteiger partial charge in [0.05, 0.1) is 11.4 Å². The zero-order chi connectivity index (χ0) is 23.5. The van der Waals surface area contributed by atoms with Crippen LogP contribution in [0.1, 0.15) is 22.3 Å². The number of aromatic nitrogens is 2. The molecule has 0 aliphatic heterocycles. The summed E-state index contributed by atoms with van der Waals surface area (Å²) in [7, 11) is 0. The molecule has 6 nitrogen and oxygen atoms in total. The summed E-state index contributed by atoms with van der Waals surface area (Å²) in [5.74, 6) is -0.872. The summed E-state index contributed by atoms with van der Waals surface area (Å²) in [6, 6.07) is 14.8. The summed E-state index contributed by atoms with van der Waals surface area (Å²) >= 11 is 5.93. The number of hydrogen-bond acceptors (Lipinski definition) is 4. The predicted octanol–water partition coefficient (Wildman–Crippen LogP) is 3.90. The van der Waals surface area contributed by atoms with Crippen LogP contribution >= 0.6 is 11.6 Å². The predicted molar refractivity (Wildman–Crippen MR) is 114 cm³/mol. The highest BCUT2D eigenvalue weighted by Gasteiger charge is 2.37. The van der Waals surface area contributed by atoms with E-state index in [2.05, 4.69) is 10.4 Å². The van der Waals surface area contributed by atoms with Gasteiger partial charge in [0.25, 0.3) is 11.5 Å². The number of nitrogens with zero attached hydrogens (tertiary/aromatic N) is 2. The molecular formula is C22H19ClF3N3O3. The van der Waals surface area contributed by atoms with Gasteiger partial charge in [-0.05, 0) is 49.2 Å². The van der Waals surface area contributed by atoms with E-state index in [1.807, 2.05) is 13.0 Å². The van der Waals surface area contributed by atoms with Gasteiger partial charge in [0.2, 0.25) is 0 Å². The van der Waals surface area contributed by atoms with Crippen molar-refractivity contribution >= 4 is 17.5 Å². The van der Waals surface area contributed by atoms with E-state index in [0.29, 0.717) is 22.0 Å². The fraction of sp³-hybridized carbons (Fsp3) is 0.227. The molecule has 0 bridgehead atoms. The van der Waals surface area contributed by atoms with E-state index in [9.17, 15) is 22.8 Å². The Morgan fingerprint density at radius 1 is 1.19 bits per heavy atom. The van der Waals surface area contributed by atoms with Gasteiger partial charge < -0.3 is 10.4 Å². The second-order valence-electron chi connectivity index (χ2n) is 7.11. The number of carbonyl (C=O) groups is 1. The number of aliphatic hydroxyl groups excluding tert-OH is 1. The van der Waals surface area contributed by atoms with E-state index in [4.69, 9.17) is 16.7 Å². The van der Waals surface area contributed by atoms with Gasteiger partial charge in [0.1, 0.15) is 5.56 Å². The normalized spacial score (nSPS) is 12.4. The third-order valence-electron chi connectivity index (χ3n) is 4.62. The van der Waals surface area contributed by atoms with Crippen molar-refractivity contribution in [3.8, 4) is 16.9 Å². The molecule has 0 saturated heterocycles. The molecule has 1 heterocycles. The molecule has 168 valence electrons. The van der Waals surface area contributed by atoms with Crippen LogP contribution in [0.25, 0.3) is 16.9 Å². The molecule has 2 aromatic carbocycles. The largest absolute Gasteiger partial charge is 0.414 e. The van der Waals surface area contributed by atoms with Crippen molar-refractivity contribution in [1.82, 2.24) is 15.1 Å². The number of alkyl halides is 3. The van der Waals surface area contributed by atoms with E-state index in [-0.39, 0.29) is 5.56 Å². The van der Waals surface area contributed by atoms with Crippen LogP contribution in [-0.4, -0.2) is 39.6 Å². The molecule has 32 heavy (non-hydrogen) atoms. The lowest BCUT2D eigenvalue weighted by atomic mass is 10.1. The molecule has 1 aromatic heterocycles. The van der Waals surface area contributed by atoms with Crippen LogP contribution in [0.3, 0.4) is 0 Å². The van der Waals surface area contributed by atoms with E-state index in [1.54, 1.807) is 42.5 Å². The molecule has 1 amide bonds. The maximum absolute atomic E-state index is 13.0. The molecular weight excluding hydrogens is 447 g/mol. The molecule has 0 radical (unpaired) electrons. The molecule has 10 heteroatoms. The monoisotopic (exact) mass is 465 g/mol. The van der Waals surface area contributed by atoms with Crippen molar-refractivity contribution in [2.75, 3.05) is 6.54 Å². The number of nitrogens with one attached hydrogen (secondary N) is 1. The molecule has 0 saturated carbocycles. The van der Waals surface area contributed by atoms with E-state index in [0.717, 1.165) is 10.2 Å². The lowest BCUT2D eigenvalue weighted by Crippen LogP contribution is -2.37. The van der Waals surface area contributed by atoms with E-state index >= 15 is 0 Å². The molecule has 2 N–H and O–H groups in total. The van der Waals surface area contributed by atoms with Gasteiger partial charge in [0.15, 0.2) is 6.10 Å². The molecule has 0 aliphatic rings. The molecule has 3 rings (SSSR count). The summed E-state index contributed by atoms with van der Waals surface area (Å²) in [5.41, 5.74) is 1.13. The molecule has 1 unspecified atom stereocenters. The minimum absolute atomic E-state index is 0.295. The molecule has 0 spiro atoms. The Balaban J connectivity index is 2.00. The van der Waals surface area contributed by atoms with Crippen LogP contribution in [0.2, 0.25) is 5.02 Å². The Morgan fingerprint density at radius 3 is 2.50 bits per heavy atom. The van der Waals surface area contributed by atoms with Crippen molar-refractivity contribution in [3.63, 3.8) is 0 Å². The number of benzene rings is 2. The first-order valence-electron chi connectivity index (χ1n) is 9.56. The highest BCUT2D eigenvalue weighted by Crippen LogP contribution is 2.22. The number of aryl methyl sites for hydroxylation is 1. The van der Waals surface area contributed by atoms with Gasteiger partial charge in [-0.3, -0.25) is 9.59 Å². The van der Waals surface area contributed by atoms with Crippen LogP contribution in [0.4, 0.5) is 13.2 Å². The number of halogens is 4. The van der Waals surface area contributed by atoms with Gasteiger partial charge in [-0.1, -0.05) is 35.9 Å². The highest BCUT2D eigenvalue weighted by molar-refractivity contribution is 6.30. The molecule has 0 aliphatic carbocycles. The van der Waals surface area contributed by atoms with E-state index < -0.39 is 36.7 Å². The SMILES string of the molecule is Cc1cccc(-n2nc(-c3ccc(Cl)cc3)cc(C(=O)NCCC(O)C(F)(F)F)c2=O)c1. The van der Waals surface area contributed by atoms with Gasteiger partial charge in [-0.25, -0.2) is 0 Å². The number of hydrogen-bond donors (Lipinski definition) is 2. The Labute approximate surface area is 186 Å². The van der Waals surface area contributed by atoms with Crippen molar-refractivity contribution in [1.29, 1.82) is 0 Å². The Kier molecular flexibility index (Phi) is 7.00. The van der Waals surface area contributed by atoms with Crippen molar-refractivity contribution in [2.45, 2.75) is 25.6 Å². The lowest BCUT2D eigenvalue weighted by Gasteiger charge is -2.15. The molecule has 3 aromatic rings. The number of amides is 1. The minimum atomic E-state index is -4.79. The van der Waals surface area contributed by atoms with Crippen LogP contribution in [0.5, 0.6) is 0 Å². The summed E-state index contributed by atoms with van der Waals surface area (Å²) in [5, 5.41) is 16.2. The summed E-state index contributed by atoms with van der Waals surface area (Å²) in [4.78, 5) is 25.7. The first-order valence-corrected chi connectivity index (χ1v) is 9.94. The van der Waals surface area contributed by atoms with Crippen LogP contribution in [0, 0.1) is 6.92 Å². The minimum Gasteiger partial charge on any atom is -0.384 e. The summed E-state index contributed by atoms with van der Waals surface area (Å²) in [6.07, 6.45) is -8.11. The smallest absolute Gasteiger partial charge is 0.384 e. The Hall–Kier alpha value is -3.17. The maximum Gasteiger partial charge on any atom is 0.414 e. The highest BCUT2D eigenvalue weighted by atomic mass is 35.5. The standard InChI is InChI=1S/C22H19ClF3N3O3/c1-13-3-2-4-16(11-13)29-21(32)17(20(31)27-10-9-19(30)22(24,25)26)12-18(28-29)14-5-7-15(23)8-6-14/h2-8,11-12,19,30H,9-10H2,1H3,(H,27,31). The zero-order valence-electron chi connectivity index (χ0n) is 16.9. The first kappa shape index (κ1) is 23.5. The van der Waals surface area contributed by atoms with Crippen molar-refractivity contribution < 1.29 is 23.1 Å². The fourth-order valence-corrected chi connectivity index (χ4v) is 3.06. The van der Waals surface area contributed by atoms with E-state index in [1.165, 1.54) is 6.07 Å². The van der Waals surface area contributed by atoms with Gasteiger partial charge >= 0.3 is 6.18 Å². The maximum atomic E-state index is 13.0.